The summed E-state index contributed by atoms with van der Waals surface area (Å²) in [5.41, 5.74) is 0. The van der Waals surface area contributed by atoms with Crippen LogP contribution in [-0.2, 0) is 16.0 Å². The van der Waals surface area contributed by atoms with E-state index in [1.54, 1.807) is 7.11 Å². The molecule has 1 aliphatic rings. The predicted octanol–water partition coefficient (Wildman–Crippen LogP) is 0.874. The third kappa shape index (κ3) is 4.01. The summed E-state index contributed by atoms with van der Waals surface area (Å²) in [6, 6.07) is 0.0859. The Morgan fingerprint density at radius 2 is 2.10 bits per heavy atom. The average molecular weight is 296 g/mol. The SMILES string of the molecule is CCCc1noc([C@@H](C)N2CCN(C(=O)COC)CC2)n1. The number of carbonyl (C=O) groups excluding carboxylic acids is 1. The van der Waals surface area contributed by atoms with Gasteiger partial charge in [-0.15, -0.1) is 0 Å². The third-order valence-corrected chi connectivity index (χ3v) is 3.80. The number of nitrogens with zero attached hydrogens (tertiary/aromatic N) is 4. The van der Waals surface area contributed by atoms with E-state index in [0.717, 1.165) is 31.8 Å². The second kappa shape index (κ2) is 7.51. The molecule has 1 atom stereocenters. The lowest BCUT2D eigenvalue weighted by Crippen LogP contribution is -2.50. The lowest BCUT2D eigenvalue weighted by atomic mass is 10.2. The number of hydrogen-bond donors (Lipinski definition) is 0. The van der Waals surface area contributed by atoms with Gasteiger partial charge in [0.25, 0.3) is 0 Å². The van der Waals surface area contributed by atoms with Gasteiger partial charge < -0.3 is 14.2 Å². The van der Waals surface area contributed by atoms with Crippen molar-refractivity contribution in [1.29, 1.82) is 0 Å². The van der Waals surface area contributed by atoms with Crippen molar-refractivity contribution >= 4 is 5.91 Å². The Labute approximate surface area is 125 Å². The van der Waals surface area contributed by atoms with Gasteiger partial charge >= 0.3 is 0 Å². The molecular weight excluding hydrogens is 272 g/mol. The van der Waals surface area contributed by atoms with Crippen molar-refractivity contribution < 1.29 is 14.1 Å². The standard InChI is InChI=1S/C14H24N4O3/c1-4-5-12-15-14(21-16-12)11(2)17-6-8-18(9-7-17)13(19)10-20-3/h11H,4-10H2,1-3H3/t11-/m1/s1. The number of rotatable bonds is 6. The van der Waals surface area contributed by atoms with Gasteiger partial charge in [-0.2, -0.15) is 4.98 Å². The van der Waals surface area contributed by atoms with Gasteiger partial charge in [-0.25, -0.2) is 0 Å². The maximum absolute atomic E-state index is 11.8. The summed E-state index contributed by atoms with van der Waals surface area (Å²) in [5, 5.41) is 4.00. The first-order valence-corrected chi connectivity index (χ1v) is 7.49. The first-order chi connectivity index (χ1) is 10.2. The van der Waals surface area contributed by atoms with E-state index < -0.39 is 0 Å². The molecule has 7 nitrogen and oxygen atoms in total. The van der Waals surface area contributed by atoms with E-state index in [-0.39, 0.29) is 18.6 Å². The van der Waals surface area contributed by atoms with Crippen molar-refractivity contribution in [2.24, 2.45) is 0 Å². The summed E-state index contributed by atoms with van der Waals surface area (Å²) >= 11 is 0. The summed E-state index contributed by atoms with van der Waals surface area (Å²) in [6.45, 7) is 7.35. The Kier molecular flexibility index (Phi) is 5.69. The van der Waals surface area contributed by atoms with Crippen LogP contribution in [0.15, 0.2) is 4.52 Å². The quantitative estimate of drug-likeness (QED) is 0.776. The van der Waals surface area contributed by atoms with Gasteiger partial charge in [-0.05, 0) is 13.3 Å². The maximum atomic E-state index is 11.8. The van der Waals surface area contributed by atoms with Crippen molar-refractivity contribution in [2.75, 3.05) is 39.9 Å². The Hall–Kier alpha value is -1.47. The van der Waals surface area contributed by atoms with Gasteiger partial charge in [0.15, 0.2) is 5.82 Å². The van der Waals surface area contributed by atoms with Crippen LogP contribution in [0.5, 0.6) is 0 Å². The molecule has 0 bridgehead atoms. The fourth-order valence-corrected chi connectivity index (χ4v) is 2.49. The van der Waals surface area contributed by atoms with Crippen LogP contribution in [0.25, 0.3) is 0 Å². The number of aryl methyl sites for hydroxylation is 1. The van der Waals surface area contributed by atoms with E-state index in [0.29, 0.717) is 19.0 Å². The second-order valence-corrected chi connectivity index (χ2v) is 5.32. The lowest BCUT2D eigenvalue weighted by molar-refractivity contribution is -0.137. The molecule has 118 valence electrons. The van der Waals surface area contributed by atoms with Crippen LogP contribution in [0, 0.1) is 0 Å². The Morgan fingerprint density at radius 1 is 1.38 bits per heavy atom. The topological polar surface area (TPSA) is 71.7 Å². The molecule has 0 N–H and O–H groups in total. The minimum absolute atomic E-state index is 0.0489. The van der Waals surface area contributed by atoms with E-state index in [1.807, 2.05) is 4.90 Å². The summed E-state index contributed by atoms with van der Waals surface area (Å²) in [5.74, 6) is 1.48. The molecule has 0 saturated carbocycles. The Morgan fingerprint density at radius 3 is 2.71 bits per heavy atom. The largest absolute Gasteiger partial charge is 0.375 e. The highest BCUT2D eigenvalue weighted by Crippen LogP contribution is 2.20. The maximum Gasteiger partial charge on any atom is 0.248 e. The average Bonchev–Trinajstić information content (AvgIpc) is 2.96. The van der Waals surface area contributed by atoms with Gasteiger partial charge in [-0.3, -0.25) is 9.69 Å². The molecule has 0 unspecified atom stereocenters. The highest BCUT2D eigenvalue weighted by molar-refractivity contribution is 5.77. The zero-order chi connectivity index (χ0) is 15.2. The van der Waals surface area contributed by atoms with E-state index in [9.17, 15) is 4.79 Å². The zero-order valence-corrected chi connectivity index (χ0v) is 13.0. The molecule has 1 amide bonds. The van der Waals surface area contributed by atoms with E-state index in [1.165, 1.54) is 0 Å². The zero-order valence-electron chi connectivity index (χ0n) is 13.0. The summed E-state index contributed by atoms with van der Waals surface area (Å²) in [6.07, 6.45) is 1.85. The van der Waals surface area contributed by atoms with Crippen molar-refractivity contribution in [2.45, 2.75) is 32.7 Å². The smallest absolute Gasteiger partial charge is 0.248 e. The molecule has 2 heterocycles. The highest BCUT2D eigenvalue weighted by atomic mass is 16.5. The van der Waals surface area contributed by atoms with E-state index in [2.05, 4.69) is 28.9 Å². The molecule has 0 aromatic carbocycles. The molecule has 1 aromatic rings. The highest BCUT2D eigenvalue weighted by Gasteiger charge is 2.27. The normalized spacial score (nSPS) is 18.0. The minimum Gasteiger partial charge on any atom is -0.375 e. The van der Waals surface area contributed by atoms with Crippen LogP contribution < -0.4 is 0 Å². The van der Waals surface area contributed by atoms with Gasteiger partial charge in [0.05, 0.1) is 6.04 Å². The van der Waals surface area contributed by atoms with E-state index >= 15 is 0 Å². The van der Waals surface area contributed by atoms with Gasteiger partial charge in [0, 0.05) is 39.7 Å². The van der Waals surface area contributed by atoms with Crippen LogP contribution in [0.3, 0.4) is 0 Å². The van der Waals surface area contributed by atoms with Crippen LogP contribution in [-0.4, -0.2) is 65.7 Å². The van der Waals surface area contributed by atoms with Gasteiger partial charge in [0.2, 0.25) is 11.8 Å². The molecule has 1 saturated heterocycles. The molecule has 2 rings (SSSR count). The van der Waals surface area contributed by atoms with Crippen molar-refractivity contribution in [3.8, 4) is 0 Å². The van der Waals surface area contributed by atoms with Crippen LogP contribution in [0.1, 0.15) is 38.0 Å². The molecule has 21 heavy (non-hydrogen) atoms. The summed E-state index contributed by atoms with van der Waals surface area (Å²) in [7, 11) is 1.54. The monoisotopic (exact) mass is 296 g/mol. The number of hydrogen-bond acceptors (Lipinski definition) is 6. The third-order valence-electron chi connectivity index (χ3n) is 3.80. The summed E-state index contributed by atoms with van der Waals surface area (Å²) in [4.78, 5) is 20.3. The van der Waals surface area contributed by atoms with Crippen LogP contribution >= 0.6 is 0 Å². The van der Waals surface area contributed by atoms with Crippen molar-refractivity contribution in [3.63, 3.8) is 0 Å². The molecular formula is C14H24N4O3. The molecule has 0 spiro atoms. The molecule has 0 radical (unpaired) electrons. The fraction of sp³-hybridized carbons (Fsp3) is 0.786. The number of carbonyl (C=O) groups is 1. The van der Waals surface area contributed by atoms with Crippen LogP contribution in [0.2, 0.25) is 0 Å². The molecule has 0 aliphatic carbocycles. The van der Waals surface area contributed by atoms with Crippen molar-refractivity contribution in [1.82, 2.24) is 19.9 Å². The molecule has 1 aliphatic heterocycles. The van der Waals surface area contributed by atoms with Crippen LogP contribution in [0.4, 0.5) is 0 Å². The minimum atomic E-state index is 0.0489. The molecule has 1 aromatic heterocycles. The first-order valence-electron chi connectivity index (χ1n) is 7.49. The Balaban J connectivity index is 1.87. The molecule has 7 heteroatoms. The van der Waals surface area contributed by atoms with Gasteiger partial charge in [-0.1, -0.05) is 12.1 Å². The second-order valence-electron chi connectivity index (χ2n) is 5.32. The van der Waals surface area contributed by atoms with Crippen molar-refractivity contribution in [3.05, 3.63) is 11.7 Å². The predicted molar refractivity (Wildman–Crippen MR) is 76.7 cm³/mol. The number of aromatic nitrogens is 2. The first kappa shape index (κ1) is 15.9. The lowest BCUT2D eigenvalue weighted by Gasteiger charge is -2.36. The summed E-state index contributed by atoms with van der Waals surface area (Å²) < 4.78 is 10.2. The Bertz CT molecular complexity index is 455. The number of methoxy groups -OCH3 is 1. The van der Waals surface area contributed by atoms with Gasteiger partial charge in [0.1, 0.15) is 6.61 Å². The number of piperazine rings is 1. The molecule has 1 fully saturated rings. The fourth-order valence-electron chi connectivity index (χ4n) is 2.49. The number of ether oxygens (including phenoxy) is 1. The number of amides is 1. The van der Waals surface area contributed by atoms with E-state index in [4.69, 9.17) is 9.26 Å².